The predicted molar refractivity (Wildman–Crippen MR) is 112 cm³/mol. The lowest BCUT2D eigenvalue weighted by Crippen LogP contribution is -2.11. The van der Waals surface area contributed by atoms with Crippen molar-refractivity contribution in [3.05, 3.63) is 65.7 Å². The molecule has 3 heterocycles. The Kier molecular flexibility index (Phi) is 3.41. The SMILES string of the molecule is Nc1ncnc2c1c(-c1cc3cc(F)cc(O)c3[nH]1)nn2C1Cc2ccccc2C1. The lowest BCUT2D eigenvalue weighted by Gasteiger charge is -2.10. The largest absolute Gasteiger partial charge is 0.506 e. The smallest absolute Gasteiger partial charge is 0.164 e. The standard InChI is InChI=1S/C22H17FN6O/c23-14-5-13-8-16(27-19(13)17(30)9-14)20-18-21(24)25-10-26-22(18)29(28-20)15-6-11-3-1-2-4-12(11)7-15/h1-5,8-10,15,27,30H,6-7H2,(H2,24,25,26). The number of nitrogens with one attached hydrogen (secondary N) is 1. The van der Waals surface area contributed by atoms with Crippen LogP contribution in [0.15, 0.2) is 48.8 Å². The number of nitrogens with zero attached hydrogens (tertiary/aromatic N) is 4. The van der Waals surface area contributed by atoms with Gasteiger partial charge in [0, 0.05) is 11.5 Å². The summed E-state index contributed by atoms with van der Waals surface area (Å²) in [5.41, 5.74) is 11.1. The van der Waals surface area contributed by atoms with Crippen LogP contribution in [-0.2, 0) is 12.8 Å². The highest BCUT2D eigenvalue weighted by Crippen LogP contribution is 2.37. The van der Waals surface area contributed by atoms with Gasteiger partial charge in [-0.2, -0.15) is 5.10 Å². The molecule has 2 aromatic carbocycles. The Bertz CT molecular complexity index is 1430. The Morgan fingerprint density at radius 1 is 1.10 bits per heavy atom. The molecule has 4 N–H and O–H groups in total. The number of H-pyrrole nitrogens is 1. The molecule has 3 aromatic heterocycles. The first-order chi connectivity index (χ1) is 14.6. The summed E-state index contributed by atoms with van der Waals surface area (Å²) in [6.07, 6.45) is 3.15. The summed E-state index contributed by atoms with van der Waals surface area (Å²) in [5.74, 6) is -0.339. The van der Waals surface area contributed by atoms with Crippen molar-refractivity contribution >= 4 is 27.8 Å². The van der Waals surface area contributed by atoms with Gasteiger partial charge in [-0.1, -0.05) is 24.3 Å². The van der Waals surface area contributed by atoms with Gasteiger partial charge >= 0.3 is 0 Å². The van der Waals surface area contributed by atoms with Gasteiger partial charge in [0.25, 0.3) is 0 Å². The number of nitrogen functional groups attached to an aromatic ring is 1. The Morgan fingerprint density at radius 3 is 2.63 bits per heavy atom. The zero-order chi connectivity index (χ0) is 20.4. The fraction of sp³-hybridized carbons (Fsp3) is 0.136. The highest BCUT2D eigenvalue weighted by molar-refractivity contribution is 6.00. The van der Waals surface area contributed by atoms with Crippen LogP contribution in [0.1, 0.15) is 17.2 Å². The number of phenolic OH excluding ortho intramolecular Hbond substituents is 1. The molecule has 5 aromatic rings. The first-order valence-electron chi connectivity index (χ1n) is 9.65. The van der Waals surface area contributed by atoms with Crippen molar-refractivity contribution in [2.45, 2.75) is 18.9 Å². The van der Waals surface area contributed by atoms with Crippen molar-refractivity contribution in [3.8, 4) is 17.1 Å². The summed E-state index contributed by atoms with van der Waals surface area (Å²) >= 11 is 0. The number of phenols is 1. The Hall–Kier alpha value is -3.94. The first-order valence-corrected chi connectivity index (χ1v) is 9.65. The van der Waals surface area contributed by atoms with E-state index in [4.69, 9.17) is 10.8 Å². The molecule has 0 amide bonds. The van der Waals surface area contributed by atoms with Crippen LogP contribution >= 0.6 is 0 Å². The number of aromatic hydroxyl groups is 1. The van der Waals surface area contributed by atoms with E-state index in [0.717, 1.165) is 18.9 Å². The molecule has 0 bridgehead atoms. The van der Waals surface area contributed by atoms with E-state index in [1.54, 1.807) is 6.07 Å². The molecule has 0 atom stereocenters. The van der Waals surface area contributed by atoms with Gasteiger partial charge in [-0.05, 0) is 36.1 Å². The molecule has 7 nitrogen and oxygen atoms in total. The second-order valence-electron chi connectivity index (χ2n) is 7.65. The van der Waals surface area contributed by atoms with E-state index >= 15 is 0 Å². The van der Waals surface area contributed by atoms with Crippen molar-refractivity contribution < 1.29 is 9.50 Å². The van der Waals surface area contributed by atoms with Crippen molar-refractivity contribution in [1.82, 2.24) is 24.7 Å². The van der Waals surface area contributed by atoms with Crippen molar-refractivity contribution in [1.29, 1.82) is 0 Å². The van der Waals surface area contributed by atoms with E-state index in [1.807, 2.05) is 16.8 Å². The Balaban J connectivity index is 1.55. The minimum atomic E-state index is -0.507. The second kappa shape index (κ2) is 6.03. The normalized spacial score (nSPS) is 14.0. The maximum absolute atomic E-state index is 13.7. The molecule has 0 aliphatic heterocycles. The first kappa shape index (κ1) is 17.0. The maximum Gasteiger partial charge on any atom is 0.164 e. The molecule has 0 saturated carbocycles. The summed E-state index contributed by atoms with van der Waals surface area (Å²) in [6.45, 7) is 0. The van der Waals surface area contributed by atoms with Crippen LogP contribution in [-0.4, -0.2) is 29.8 Å². The van der Waals surface area contributed by atoms with E-state index in [0.29, 0.717) is 39.1 Å². The number of benzene rings is 2. The molecule has 0 fully saturated rings. The van der Waals surface area contributed by atoms with Crippen LogP contribution in [0.5, 0.6) is 5.75 Å². The molecule has 8 heteroatoms. The molecular formula is C22H17FN6O. The topological polar surface area (TPSA) is 106 Å². The molecule has 0 spiro atoms. The average Bonchev–Trinajstić information content (AvgIpc) is 3.42. The molecule has 1 aliphatic rings. The number of nitrogens with two attached hydrogens (primary N) is 1. The minimum Gasteiger partial charge on any atom is -0.506 e. The van der Waals surface area contributed by atoms with Gasteiger partial charge in [-0.3, -0.25) is 0 Å². The number of hydrogen-bond acceptors (Lipinski definition) is 5. The summed E-state index contributed by atoms with van der Waals surface area (Å²) in [7, 11) is 0. The van der Waals surface area contributed by atoms with Crippen molar-refractivity contribution in [2.75, 3.05) is 5.73 Å². The summed E-state index contributed by atoms with van der Waals surface area (Å²) < 4.78 is 15.6. The fourth-order valence-electron chi connectivity index (χ4n) is 4.46. The van der Waals surface area contributed by atoms with Crippen molar-refractivity contribution in [2.24, 2.45) is 0 Å². The molecule has 0 saturated heterocycles. The monoisotopic (exact) mass is 400 g/mol. The van der Waals surface area contributed by atoms with Gasteiger partial charge in [-0.25, -0.2) is 19.0 Å². The lowest BCUT2D eigenvalue weighted by atomic mass is 10.1. The van der Waals surface area contributed by atoms with Crippen LogP contribution in [0, 0.1) is 5.82 Å². The van der Waals surface area contributed by atoms with E-state index in [9.17, 15) is 9.50 Å². The molecule has 0 unspecified atom stereocenters. The van der Waals surface area contributed by atoms with Crippen LogP contribution in [0.3, 0.4) is 0 Å². The van der Waals surface area contributed by atoms with Gasteiger partial charge in [0.05, 0.1) is 22.6 Å². The number of fused-ring (bicyclic) bond motifs is 3. The third-order valence-corrected chi connectivity index (χ3v) is 5.82. The zero-order valence-electron chi connectivity index (χ0n) is 15.8. The maximum atomic E-state index is 13.7. The number of hydrogen-bond donors (Lipinski definition) is 3. The summed E-state index contributed by atoms with van der Waals surface area (Å²) in [4.78, 5) is 11.8. The van der Waals surface area contributed by atoms with E-state index in [-0.39, 0.29) is 11.8 Å². The molecule has 1 aliphatic carbocycles. The van der Waals surface area contributed by atoms with Crippen LogP contribution in [0.25, 0.3) is 33.3 Å². The van der Waals surface area contributed by atoms with Crippen LogP contribution in [0.4, 0.5) is 10.2 Å². The van der Waals surface area contributed by atoms with Gasteiger partial charge in [-0.15, -0.1) is 0 Å². The fourth-order valence-corrected chi connectivity index (χ4v) is 4.46. The highest BCUT2D eigenvalue weighted by Gasteiger charge is 2.28. The quantitative estimate of drug-likeness (QED) is 0.419. The highest BCUT2D eigenvalue weighted by atomic mass is 19.1. The zero-order valence-corrected chi connectivity index (χ0v) is 15.8. The average molecular weight is 400 g/mol. The molecule has 30 heavy (non-hydrogen) atoms. The third kappa shape index (κ3) is 2.40. The lowest BCUT2D eigenvalue weighted by molar-refractivity contribution is 0.474. The molecular weight excluding hydrogens is 383 g/mol. The van der Waals surface area contributed by atoms with Gasteiger partial charge in [0.1, 0.15) is 29.4 Å². The van der Waals surface area contributed by atoms with Crippen LogP contribution < -0.4 is 5.73 Å². The number of anilines is 1. The van der Waals surface area contributed by atoms with E-state index in [1.165, 1.54) is 23.5 Å². The van der Waals surface area contributed by atoms with Gasteiger partial charge in [0.15, 0.2) is 5.65 Å². The van der Waals surface area contributed by atoms with Gasteiger partial charge < -0.3 is 15.8 Å². The van der Waals surface area contributed by atoms with Crippen molar-refractivity contribution in [3.63, 3.8) is 0 Å². The third-order valence-electron chi connectivity index (χ3n) is 5.82. The predicted octanol–water partition coefficient (Wildman–Crippen LogP) is 3.74. The van der Waals surface area contributed by atoms with E-state index in [2.05, 4.69) is 27.1 Å². The number of halogens is 1. The molecule has 148 valence electrons. The Morgan fingerprint density at radius 2 is 1.87 bits per heavy atom. The number of aromatic nitrogens is 5. The molecule has 6 rings (SSSR count). The van der Waals surface area contributed by atoms with Gasteiger partial charge in [0.2, 0.25) is 0 Å². The summed E-state index contributed by atoms with van der Waals surface area (Å²) in [5, 5.41) is 16.2. The molecule has 0 radical (unpaired) electrons. The second-order valence-corrected chi connectivity index (χ2v) is 7.65. The minimum absolute atomic E-state index is 0.114. The van der Waals surface area contributed by atoms with E-state index < -0.39 is 5.82 Å². The van der Waals surface area contributed by atoms with Crippen LogP contribution in [0.2, 0.25) is 0 Å². The summed E-state index contributed by atoms with van der Waals surface area (Å²) in [6, 6.07) is 12.7. The number of rotatable bonds is 2. The number of aromatic amines is 1. The Labute approximate surface area is 170 Å².